The van der Waals surface area contributed by atoms with Crippen LogP contribution in [0.3, 0.4) is 0 Å². The molecule has 2 aromatic carbocycles. The summed E-state index contributed by atoms with van der Waals surface area (Å²) in [5.74, 6) is 1.08. The molecular weight excluding hydrogens is 260 g/mol. The molecule has 0 saturated heterocycles. The zero-order valence-corrected chi connectivity index (χ0v) is 10.8. The van der Waals surface area contributed by atoms with Gasteiger partial charge in [0.25, 0.3) is 0 Å². The van der Waals surface area contributed by atoms with E-state index >= 15 is 0 Å². The molecule has 94 valence electrons. The smallest absolute Gasteiger partial charge is 0.242 e. The van der Waals surface area contributed by atoms with E-state index in [0.717, 1.165) is 16.5 Å². The van der Waals surface area contributed by atoms with Crippen molar-refractivity contribution in [2.45, 2.75) is 0 Å². The summed E-state index contributed by atoms with van der Waals surface area (Å²) in [6, 6.07) is 15.4. The molecule has 0 radical (unpaired) electrons. The molecule has 0 aliphatic heterocycles. The number of hydrogen-bond donors (Lipinski definition) is 1. The van der Waals surface area contributed by atoms with E-state index in [0.29, 0.717) is 16.6 Å². The van der Waals surface area contributed by atoms with Crippen molar-refractivity contribution in [2.75, 3.05) is 5.73 Å². The fourth-order valence-corrected chi connectivity index (χ4v) is 2.08. The number of anilines is 1. The summed E-state index contributed by atoms with van der Waals surface area (Å²) in [6.07, 6.45) is 1.51. The van der Waals surface area contributed by atoms with Gasteiger partial charge in [-0.25, -0.2) is 4.98 Å². The Kier molecular flexibility index (Phi) is 2.97. The van der Waals surface area contributed by atoms with Gasteiger partial charge >= 0.3 is 0 Å². The SMILES string of the molecule is Nc1cc(Cl)cnc1Oc1cccc2ccccc12. The molecule has 0 atom stereocenters. The van der Waals surface area contributed by atoms with Crippen LogP contribution in [-0.2, 0) is 0 Å². The third-order valence-corrected chi connectivity index (χ3v) is 3.01. The molecule has 0 spiro atoms. The van der Waals surface area contributed by atoms with Crippen LogP contribution in [0, 0.1) is 0 Å². The van der Waals surface area contributed by atoms with Crippen molar-refractivity contribution >= 4 is 28.1 Å². The summed E-state index contributed by atoms with van der Waals surface area (Å²) >= 11 is 5.82. The van der Waals surface area contributed by atoms with E-state index in [4.69, 9.17) is 22.1 Å². The Morgan fingerprint density at radius 1 is 1.05 bits per heavy atom. The van der Waals surface area contributed by atoms with Crippen molar-refractivity contribution in [3.63, 3.8) is 0 Å². The molecule has 0 aliphatic rings. The van der Waals surface area contributed by atoms with Crippen molar-refractivity contribution in [2.24, 2.45) is 0 Å². The summed E-state index contributed by atoms with van der Waals surface area (Å²) < 4.78 is 5.78. The van der Waals surface area contributed by atoms with Crippen molar-refractivity contribution in [3.8, 4) is 11.6 Å². The number of nitrogen functional groups attached to an aromatic ring is 1. The lowest BCUT2D eigenvalue weighted by Gasteiger charge is -2.09. The van der Waals surface area contributed by atoms with Crippen molar-refractivity contribution in [1.82, 2.24) is 4.98 Å². The second-order valence-corrected chi connectivity index (χ2v) is 4.56. The number of nitrogens with zero attached hydrogens (tertiary/aromatic N) is 1. The first-order chi connectivity index (χ1) is 9.24. The maximum atomic E-state index is 5.84. The fraction of sp³-hybridized carbons (Fsp3) is 0. The second kappa shape index (κ2) is 4.78. The largest absolute Gasteiger partial charge is 0.436 e. The van der Waals surface area contributed by atoms with Gasteiger partial charge in [0.05, 0.1) is 10.7 Å². The molecule has 3 nitrogen and oxygen atoms in total. The first-order valence-electron chi connectivity index (χ1n) is 5.81. The van der Waals surface area contributed by atoms with Crippen LogP contribution in [0.1, 0.15) is 0 Å². The topological polar surface area (TPSA) is 48.1 Å². The standard InChI is InChI=1S/C15H11ClN2O/c16-11-8-13(17)15(18-9-11)19-14-7-3-5-10-4-1-2-6-12(10)14/h1-9H,17H2. The van der Waals surface area contributed by atoms with Crippen LogP contribution in [-0.4, -0.2) is 4.98 Å². The van der Waals surface area contributed by atoms with Gasteiger partial charge in [0.15, 0.2) is 0 Å². The Labute approximate surface area is 115 Å². The lowest BCUT2D eigenvalue weighted by Crippen LogP contribution is -1.95. The summed E-state index contributed by atoms with van der Waals surface area (Å²) in [7, 11) is 0. The predicted octanol–water partition coefficient (Wildman–Crippen LogP) is 4.26. The number of halogens is 1. The normalized spacial score (nSPS) is 10.6. The van der Waals surface area contributed by atoms with Crippen molar-refractivity contribution in [3.05, 3.63) is 59.8 Å². The molecule has 0 unspecified atom stereocenters. The number of aromatic nitrogens is 1. The molecular formula is C15H11ClN2O. The maximum Gasteiger partial charge on any atom is 0.242 e. The van der Waals surface area contributed by atoms with E-state index in [1.807, 2.05) is 42.5 Å². The molecule has 3 aromatic rings. The zero-order chi connectivity index (χ0) is 13.2. The highest BCUT2D eigenvalue weighted by atomic mass is 35.5. The van der Waals surface area contributed by atoms with Crippen LogP contribution in [0.25, 0.3) is 10.8 Å². The predicted molar refractivity (Wildman–Crippen MR) is 77.7 cm³/mol. The third kappa shape index (κ3) is 2.33. The highest BCUT2D eigenvalue weighted by Crippen LogP contribution is 2.32. The minimum Gasteiger partial charge on any atom is -0.436 e. The molecule has 4 heteroatoms. The van der Waals surface area contributed by atoms with Crippen LogP contribution in [0.4, 0.5) is 5.69 Å². The Bertz CT molecular complexity index is 738. The monoisotopic (exact) mass is 270 g/mol. The Balaban J connectivity index is 2.06. The lowest BCUT2D eigenvalue weighted by atomic mass is 10.1. The zero-order valence-electron chi connectivity index (χ0n) is 10.0. The summed E-state index contributed by atoms with van der Waals surface area (Å²) in [5.41, 5.74) is 6.26. The summed E-state index contributed by atoms with van der Waals surface area (Å²) in [4.78, 5) is 4.10. The lowest BCUT2D eigenvalue weighted by molar-refractivity contribution is 0.471. The van der Waals surface area contributed by atoms with Gasteiger partial charge in [-0.3, -0.25) is 0 Å². The van der Waals surface area contributed by atoms with E-state index in [-0.39, 0.29) is 0 Å². The van der Waals surface area contributed by atoms with Gasteiger partial charge in [0.2, 0.25) is 5.88 Å². The highest BCUT2D eigenvalue weighted by Gasteiger charge is 2.07. The van der Waals surface area contributed by atoms with Gasteiger partial charge < -0.3 is 10.5 Å². The Morgan fingerprint density at radius 3 is 2.68 bits per heavy atom. The van der Waals surface area contributed by atoms with E-state index in [1.165, 1.54) is 6.20 Å². The highest BCUT2D eigenvalue weighted by molar-refractivity contribution is 6.30. The van der Waals surface area contributed by atoms with Crippen LogP contribution in [0.15, 0.2) is 54.7 Å². The minimum absolute atomic E-state index is 0.362. The van der Waals surface area contributed by atoms with Gasteiger partial charge in [-0.05, 0) is 17.5 Å². The van der Waals surface area contributed by atoms with Crippen LogP contribution in [0.5, 0.6) is 11.6 Å². The molecule has 3 rings (SSSR count). The average Bonchev–Trinajstić information content (AvgIpc) is 2.42. The summed E-state index contributed by atoms with van der Waals surface area (Å²) in [6.45, 7) is 0. The van der Waals surface area contributed by atoms with Crippen LogP contribution < -0.4 is 10.5 Å². The maximum absolute atomic E-state index is 5.84. The fourth-order valence-electron chi connectivity index (χ4n) is 1.92. The van der Waals surface area contributed by atoms with Gasteiger partial charge in [0.1, 0.15) is 5.75 Å². The molecule has 0 amide bonds. The number of fused-ring (bicyclic) bond motifs is 1. The molecule has 0 fully saturated rings. The van der Waals surface area contributed by atoms with E-state index in [1.54, 1.807) is 6.07 Å². The van der Waals surface area contributed by atoms with E-state index in [2.05, 4.69) is 4.98 Å². The molecule has 0 bridgehead atoms. The van der Waals surface area contributed by atoms with E-state index in [9.17, 15) is 0 Å². The number of hydrogen-bond acceptors (Lipinski definition) is 3. The second-order valence-electron chi connectivity index (χ2n) is 4.13. The van der Waals surface area contributed by atoms with Gasteiger partial charge in [-0.15, -0.1) is 0 Å². The van der Waals surface area contributed by atoms with Crippen LogP contribution in [0.2, 0.25) is 5.02 Å². The molecule has 1 heterocycles. The number of rotatable bonds is 2. The number of nitrogens with two attached hydrogens (primary N) is 1. The third-order valence-electron chi connectivity index (χ3n) is 2.80. The molecule has 1 aromatic heterocycles. The van der Waals surface area contributed by atoms with Crippen molar-refractivity contribution in [1.29, 1.82) is 0 Å². The number of benzene rings is 2. The Morgan fingerprint density at radius 2 is 1.84 bits per heavy atom. The van der Waals surface area contributed by atoms with Crippen LogP contribution >= 0.6 is 11.6 Å². The molecule has 19 heavy (non-hydrogen) atoms. The summed E-state index contributed by atoms with van der Waals surface area (Å²) in [5, 5.41) is 2.61. The molecule has 0 aliphatic carbocycles. The average molecular weight is 271 g/mol. The van der Waals surface area contributed by atoms with Gasteiger partial charge in [-0.2, -0.15) is 0 Å². The first-order valence-corrected chi connectivity index (χ1v) is 6.18. The Hall–Kier alpha value is -2.26. The van der Waals surface area contributed by atoms with E-state index < -0.39 is 0 Å². The molecule has 2 N–H and O–H groups in total. The quantitative estimate of drug-likeness (QED) is 0.757. The van der Waals surface area contributed by atoms with Gasteiger partial charge in [0, 0.05) is 11.6 Å². The number of pyridine rings is 1. The molecule has 0 saturated carbocycles. The van der Waals surface area contributed by atoms with Crippen molar-refractivity contribution < 1.29 is 4.74 Å². The first kappa shape index (κ1) is 11.8. The number of ether oxygens (including phenoxy) is 1. The van der Waals surface area contributed by atoms with Gasteiger partial charge in [-0.1, -0.05) is 48.0 Å². The minimum atomic E-state index is 0.362.